The van der Waals surface area contributed by atoms with Crippen molar-refractivity contribution in [2.45, 2.75) is 13.3 Å². The number of carbonyl (C=O) groups excluding carboxylic acids is 2. The molecule has 0 bridgehead atoms. The zero-order chi connectivity index (χ0) is 18.9. The van der Waals surface area contributed by atoms with Gasteiger partial charge in [-0.1, -0.05) is 0 Å². The Balaban J connectivity index is 1.93. The molecule has 0 unspecified atom stereocenters. The highest BCUT2D eigenvalue weighted by Gasteiger charge is 2.07. The van der Waals surface area contributed by atoms with E-state index in [0.29, 0.717) is 12.2 Å². The van der Waals surface area contributed by atoms with Crippen LogP contribution in [0, 0.1) is 0 Å². The number of benzene rings is 1. The van der Waals surface area contributed by atoms with Gasteiger partial charge in [-0.25, -0.2) is 0 Å². The molecular weight excluding hydrogens is 330 g/mol. The largest absolute Gasteiger partial charge is 0.355 e. The van der Waals surface area contributed by atoms with Crippen LogP contribution in [0.15, 0.2) is 42.6 Å². The van der Waals surface area contributed by atoms with Gasteiger partial charge in [-0.2, -0.15) is 0 Å². The molecule has 3 N–H and O–H groups in total. The van der Waals surface area contributed by atoms with Crippen molar-refractivity contribution in [3.05, 3.63) is 48.3 Å². The SMILES string of the molecule is CC(=O)Nc1ccc(Nc2ccnc(C(=O)NCCCN(C)C)c2)cc1. The topological polar surface area (TPSA) is 86.4 Å². The predicted molar refractivity (Wildman–Crippen MR) is 104 cm³/mol. The minimum absolute atomic E-state index is 0.110. The molecule has 0 aliphatic heterocycles. The van der Waals surface area contributed by atoms with Crippen LogP contribution in [-0.2, 0) is 4.79 Å². The molecule has 1 aromatic carbocycles. The first-order valence-electron chi connectivity index (χ1n) is 8.47. The molecule has 0 saturated carbocycles. The van der Waals surface area contributed by atoms with Crippen LogP contribution in [0.1, 0.15) is 23.8 Å². The van der Waals surface area contributed by atoms with E-state index in [9.17, 15) is 9.59 Å². The Morgan fingerprint density at radius 2 is 1.73 bits per heavy atom. The van der Waals surface area contributed by atoms with Crippen molar-refractivity contribution in [1.29, 1.82) is 0 Å². The number of pyridine rings is 1. The van der Waals surface area contributed by atoms with Crippen molar-refractivity contribution >= 4 is 28.9 Å². The van der Waals surface area contributed by atoms with Gasteiger partial charge in [0.05, 0.1) is 0 Å². The van der Waals surface area contributed by atoms with Crippen LogP contribution in [0.3, 0.4) is 0 Å². The van der Waals surface area contributed by atoms with E-state index in [2.05, 4.69) is 25.8 Å². The maximum absolute atomic E-state index is 12.2. The van der Waals surface area contributed by atoms with E-state index in [1.165, 1.54) is 6.92 Å². The van der Waals surface area contributed by atoms with Crippen molar-refractivity contribution in [3.63, 3.8) is 0 Å². The van der Waals surface area contributed by atoms with Gasteiger partial charge in [-0.15, -0.1) is 0 Å². The molecule has 2 rings (SSSR count). The van der Waals surface area contributed by atoms with Gasteiger partial charge in [0.2, 0.25) is 5.91 Å². The van der Waals surface area contributed by atoms with Crippen molar-refractivity contribution < 1.29 is 9.59 Å². The maximum Gasteiger partial charge on any atom is 0.269 e. The number of carbonyl (C=O) groups is 2. The molecule has 26 heavy (non-hydrogen) atoms. The summed E-state index contributed by atoms with van der Waals surface area (Å²) >= 11 is 0. The first kappa shape index (κ1) is 19.4. The second kappa shape index (κ2) is 9.53. The summed E-state index contributed by atoms with van der Waals surface area (Å²) in [6.07, 6.45) is 2.49. The lowest BCUT2D eigenvalue weighted by molar-refractivity contribution is -0.114. The van der Waals surface area contributed by atoms with E-state index in [-0.39, 0.29) is 11.8 Å². The average Bonchev–Trinajstić information content (AvgIpc) is 2.60. The molecule has 1 aromatic heterocycles. The number of anilines is 3. The van der Waals surface area contributed by atoms with Gasteiger partial charge in [0.15, 0.2) is 0 Å². The molecule has 0 saturated heterocycles. The molecule has 7 nitrogen and oxygen atoms in total. The van der Waals surface area contributed by atoms with Gasteiger partial charge >= 0.3 is 0 Å². The van der Waals surface area contributed by atoms with Gasteiger partial charge in [0.25, 0.3) is 5.91 Å². The fourth-order valence-corrected chi connectivity index (χ4v) is 2.33. The second-order valence-electron chi connectivity index (χ2n) is 6.23. The molecule has 2 amide bonds. The minimum atomic E-state index is -0.187. The van der Waals surface area contributed by atoms with E-state index in [1.807, 2.05) is 38.4 Å². The van der Waals surface area contributed by atoms with Crippen LogP contribution in [0.25, 0.3) is 0 Å². The lowest BCUT2D eigenvalue weighted by atomic mass is 10.2. The number of nitrogens with one attached hydrogen (secondary N) is 3. The van der Waals surface area contributed by atoms with Crippen LogP contribution in [0.5, 0.6) is 0 Å². The van der Waals surface area contributed by atoms with Crippen LogP contribution in [0.2, 0.25) is 0 Å². The van der Waals surface area contributed by atoms with Crippen molar-refractivity contribution in [1.82, 2.24) is 15.2 Å². The molecule has 0 fully saturated rings. The second-order valence-corrected chi connectivity index (χ2v) is 6.23. The van der Waals surface area contributed by atoms with E-state index in [1.54, 1.807) is 18.3 Å². The summed E-state index contributed by atoms with van der Waals surface area (Å²) in [7, 11) is 4.00. The summed E-state index contributed by atoms with van der Waals surface area (Å²) in [6, 6.07) is 10.8. The quantitative estimate of drug-likeness (QED) is 0.633. The van der Waals surface area contributed by atoms with Crippen LogP contribution in [0.4, 0.5) is 17.1 Å². The number of hydrogen-bond donors (Lipinski definition) is 3. The molecule has 2 aromatic rings. The third kappa shape index (κ3) is 6.52. The smallest absolute Gasteiger partial charge is 0.269 e. The first-order chi connectivity index (χ1) is 12.4. The summed E-state index contributed by atoms with van der Waals surface area (Å²) in [5, 5.41) is 8.82. The molecule has 0 radical (unpaired) electrons. The molecule has 0 atom stereocenters. The predicted octanol–water partition coefficient (Wildman–Crippen LogP) is 2.47. The van der Waals surface area contributed by atoms with Gasteiger partial charge < -0.3 is 20.9 Å². The Labute approximate surface area is 153 Å². The van der Waals surface area contributed by atoms with E-state index in [4.69, 9.17) is 0 Å². The van der Waals surface area contributed by atoms with Crippen molar-refractivity contribution in [2.75, 3.05) is 37.8 Å². The van der Waals surface area contributed by atoms with Gasteiger partial charge in [0.1, 0.15) is 5.69 Å². The van der Waals surface area contributed by atoms with Gasteiger partial charge in [-0.3, -0.25) is 14.6 Å². The molecule has 0 aliphatic carbocycles. The lowest BCUT2D eigenvalue weighted by Gasteiger charge is -2.11. The summed E-state index contributed by atoms with van der Waals surface area (Å²) in [5.74, 6) is -0.297. The molecule has 0 spiro atoms. The highest BCUT2D eigenvalue weighted by Crippen LogP contribution is 2.19. The highest BCUT2D eigenvalue weighted by atomic mass is 16.2. The van der Waals surface area contributed by atoms with E-state index in [0.717, 1.165) is 30.0 Å². The van der Waals surface area contributed by atoms with Crippen molar-refractivity contribution in [3.8, 4) is 0 Å². The molecule has 138 valence electrons. The number of rotatable bonds is 8. The van der Waals surface area contributed by atoms with E-state index >= 15 is 0 Å². The van der Waals surface area contributed by atoms with Crippen molar-refractivity contribution in [2.24, 2.45) is 0 Å². The Morgan fingerprint density at radius 1 is 1.04 bits per heavy atom. The standard InChI is InChI=1S/C19H25N5O2/c1-14(25)22-15-5-7-16(8-6-15)23-17-9-11-20-18(13-17)19(26)21-10-4-12-24(2)3/h5-9,11,13H,4,10,12H2,1-3H3,(H,20,23)(H,21,26)(H,22,25). The number of nitrogens with zero attached hydrogens (tertiary/aromatic N) is 2. The van der Waals surface area contributed by atoms with Gasteiger partial charge in [-0.05, 0) is 63.5 Å². The highest BCUT2D eigenvalue weighted by molar-refractivity contribution is 5.93. The maximum atomic E-state index is 12.2. The Kier molecular flexibility index (Phi) is 7.11. The number of hydrogen-bond acceptors (Lipinski definition) is 5. The van der Waals surface area contributed by atoms with Gasteiger partial charge in [0, 0.05) is 36.7 Å². The summed E-state index contributed by atoms with van der Waals surface area (Å²) in [5.41, 5.74) is 2.72. The Bertz CT molecular complexity index is 744. The lowest BCUT2D eigenvalue weighted by Crippen LogP contribution is -2.27. The van der Waals surface area contributed by atoms with Crippen LogP contribution in [-0.4, -0.2) is 48.9 Å². The normalized spacial score (nSPS) is 10.5. The Morgan fingerprint density at radius 3 is 2.38 bits per heavy atom. The summed E-state index contributed by atoms with van der Waals surface area (Å²) in [4.78, 5) is 29.4. The fourth-order valence-electron chi connectivity index (χ4n) is 2.33. The number of amides is 2. The van der Waals surface area contributed by atoms with Crippen LogP contribution >= 0.6 is 0 Å². The molecule has 1 heterocycles. The zero-order valence-electron chi connectivity index (χ0n) is 15.4. The molecule has 7 heteroatoms. The summed E-state index contributed by atoms with van der Waals surface area (Å²) in [6.45, 7) is 3.00. The van der Waals surface area contributed by atoms with E-state index < -0.39 is 0 Å². The minimum Gasteiger partial charge on any atom is -0.355 e. The molecular formula is C19H25N5O2. The first-order valence-corrected chi connectivity index (χ1v) is 8.47. The van der Waals surface area contributed by atoms with Crippen LogP contribution < -0.4 is 16.0 Å². The number of aromatic nitrogens is 1. The third-order valence-electron chi connectivity index (χ3n) is 3.55. The molecule has 0 aliphatic rings. The zero-order valence-corrected chi connectivity index (χ0v) is 15.4. The fraction of sp³-hybridized carbons (Fsp3) is 0.316. The third-order valence-corrected chi connectivity index (χ3v) is 3.55. The Hall–Kier alpha value is -2.93. The average molecular weight is 355 g/mol. The summed E-state index contributed by atoms with van der Waals surface area (Å²) < 4.78 is 0. The monoisotopic (exact) mass is 355 g/mol.